The zero-order valence-electron chi connectivity index (χ0n) is 17.2. The first-order valence-corrected chi connectivity index (χ1v) is 10.5. The summed E-state index contributed by atoms with van der Waals surface area (Å²) >= 11 is 6.14. The maximum Gasteiger partial charge on any atom is 0.229 e. The summed E-state index contributed by atoms with van der Waals surface area (Å²) in [6.07, 6.45) is 6.82. The lowest BCUT2D eigenvalue weighted by atomic mass is 10.1. The van der Waals surface area contributed by atoms with Gasteiger partial charge in [-0.1, -0.05) is 11.6 Å². The molecule has 0 atom stereocenters. The third kappa shape index (κ3) is 3.52. The van der Waals surface area contributed by atoms with Gasteiger partial charge in [-0.25, -0.2) is 4.39 Å². The lowest BCUT2D eigenvalue weighted by Crippen LogP contribution is -2.26. The van der Waals surface area contributed by atoms with Crippen molar-refractivity contribution < 1.29 is 4.39 Å². The molecular formula is C23H19ClFN7. The number of anilines is 2. The summed E-state index contributed by atoms with van der Waals surface area (Å²) in [7, 11) is 1.69. The van der Waals surface area contributed by atoms with E-state index in [2.05, 4.69) is 15.0 Å². The second-order valence-electron chi connectivity index (χ2n) is 7.75. The number of fused-ring (bicyclic) bond motifs is 1. The highest BCUT2D eigenvalue weighted by Gasteiger charge is 2.25. The summed E-state index contributed by atoms with van der Waals surface area (Å²) in [4.78, 5) is 14.9. The highest BCUT2D eigenvalue weighted by atomic mass is 35.5. The Morgan fingerprint density at radius 3 is 2.66 bits per heavy atom. The molecule has 7 nitrogen and oxygen atoms in total. The van der Waals surface area contributed by atoms with E-state index in [-0.39, 0.29) is 11.3 Å². The predicted molar refractivity (Wildman–Crippen MR) is 122 cm³/mol. The Labute approximate surface area is 188 Å². The Morgan fingerprint density at radius 2 is 1.97 bits per heavy atom. The molecule has 1 aliphatic rings. The van der Waals surface area contributed by atoms with E-state index < -0.39 is 5.82 Å². The summed E-state index contributed by atoms with van der Waals surface area (Å²) in [5.41, 5.74) is 3.04. The molecule has 5 rings (SSSR count). The van der Waals surface area contributed by atoms with E-state index in [9.17, 15) is 4.39 Å². The number of halogens is 2. The van der Waals surface area contributed by atoms with Crippen molar-refractivity contribution in [1.82, 2.24) is 19.5 Å². The van der Waals surface area contributed by atoms with Crippen LogP contribution in [0.15, 0.2) is 48.8 Å². The summed E-state index contributed by atoms with van der Waals surface area (Å²) in [5.74, 6) is 0.462. The minimum atomic E-state index is -0.432. The van der Waals surface area contributed by atoms with Gasteiger partial charge in [-0.3, -0.25) is 25.4 Å². The number of hydrogen-bond acceptors (Lipinski definition) is 6. The Kier molecular flexibility index (Phi) is 4.94. The van der Waals surface area contributed by atoms with E-state index in [0.717, 1.165) is 30.4 Å². The molecule has 160 valence electrons. The minimum Gasteiger partial charge on any atom is -0.326 e. The molecular weight excluding hydrogens is 429 g/mol. The number of benzene rings is 2. The summed E-state index contributed by atoms with van der Waals surface area (Å²) < 4.78 is 16.2. The van der Waals surface area contributed by atoms with Crippen molar-refractivity contribution in [1.29, 1.82) is 10.8 Å². The molecule has 2 aromatic carbocycles. The van der Waals surface area contributed by atoms with Gasteiger partial charge < -0.3 is 4.90 Å². The lowest BCUT2D eigenvalue weighted by molar-refractivity contribution is 0.627. The molecule has 0 aliphatic heterocycles. The quantitative estimate of drug-likeness (QED) is 0.337. The Bertz CT molecular complexity index is 1410. The number of rotatable bonds is 5. The van der Waals surface area contributed by atoms with Crippen molar-refractivity contribution in [2.24, 2.45) is 0 Å². The first-order valence-electron chi connectivity index (χ1n) is 10.1. The fourth-order valence-electron chi connectivity index (χ4n) is 3.73. The molecule has 2 aromatic heterocycles. The monoisotopic (exact) mass is 447 g/mol. The molecule has 0 bridgehead atoms. The van der Waals surface area contributed by atoms with Crippen molar-refractivity contribution in [2.45, 2.75) is 18.8 Å². The zero-order valence-corrected chi connectivity index (χ0v) is 17.9. The molecule has 9 heteroatoms. The molecule has 1 saturated carbocycles. The number of nitrogens with zero attached hydrogens (tertiary/aromatic N) is 5. The highest BCUT2D eigenvalue weighted by molar-refractivity contribution is 6.31. The van der Waals surface area contributed by atoms with Gasteiger partial charge in [-0.05, 0) is 49.2 Å². The third-order valence-corrected chi connectivity index (χ3v) is 5.85. The van der Waals surface area contributed by atoms with Crippen LogP contribution in [-0.4, -0.2) is 32.9 Å². The molecule has 1 fully saturated rings. The van der Waals surface area contributed by atoms with Crippen LogP contribution in [0.3, 0.4) is 0 Å². The molecule has 0 spiro atoms. The molecule has 4 aromatic rings. The van der Waals surface area contributed by atoms with Crippen LogP contribution >= 0.6 is 11.6 Å². The molecule has 0 unspecified atom stereocenters. The van der Waals surface area contributed by atoms with E-state index >= 15 is 0 Å². The van der Waals surface area contributed by atoms with Gasteiger partial charge in [0, 0.05) is 35.1 Å². The minimum absolute atomic E-state index is 0.158. The van der Waals surface area contributed by atoms with E-state index in [4.69, 9.17) is 22.4 Å². The van der Waals surface area contributed by atoms with Crippen molar-refractivity contribution in [3.63, 3.8) is 0 Å². The van der Waals surface area contributed by atoms with Crippen LogP contribution in [0.1, 0.15) is 24.5 Å². The highest BCUT2D eigenvalue weighted by Crippen LogP contribution is 2.39. The lowest BCUT2D eigenvalue weighted by Gasteiger charge is -2.22. The summed E-state index contributed by atoms with van der Waals surface area (Å²) in [6.45, 7) is 0. The van der Waals surface area contributed by atoms with E-state index in [1.807, 2.05) is 0 Å². The van der Waals surface area contributed by atoms with Gasteiger partial charge in [-0.2, -0.15) is 4.98 Å². The van der Waals surface area contributed by atoms with E-state index in [1.54, 1.807) is 54.7 Å². The Balaban J connectivity index is 1.61. The van der Waals surface area contributed by atoms with Crippen LogP contribution in [0, 0.1) is 16.6 Å². The van der Waals surface area contributed by atoms with Gasteiger partial charge in [0.2, 0.25) is 5.62 Å². The number of hydrogen-bond donors (Lipinski definition) is 2. The van der Waals surface area contributed by atoms with Crippen molar-refractivity contribution >= 4 is 40.3 Å². The second-order valence-corrected chi connectivity index (χ2v) is 8.18. The van der Waals surface area contributed by atoms with Crippen molar-refractivity contribution in [3.8, 4) is 11.3 Å². The molecule has 2 heterocycles. The molecule has 0 amide bonds. The van der Waals surface area contributed by atoms with Gasteiger partial charge in [-0.15, -0.1) is 0 Å². The van der Waals surface area contributed by atoms with Crippen LogP contribution in [0.25, 0.3) is 22.2 Å². The molecule has 0 saturated heterocycles. The van der Waals surface area contributed by atoms with Crippen molar-refractivity contribution in [2.75, 3.05) is 11.9 Å². The predicted octanol–water partition coefficient (Wildman–Crippen LogP) is 4.87. The number of nitrogens with one attached hydrogen (secondary N) is 2. The first-order chi connectivity index (χ1) is 15.5. The number of aromatic nitrogens is 4. The molecule has 32 heavy (non-hydrogen) atoms. The van der Waals surface area contributed by atoms with Gasteiger partial charge >= 0.3 is 0 Å². The van der Waals surface area contributed by atoms with Crippen molar-refractivity contribution in [3.05, 3.63) is 70.9 Å². The molecule has 0 radical (unpaired) electrons. The van der Waals surface area contributed by atoms with Crippen LogP contribution in [0.4, 0.5) is 15.9 Å². The maximum absolute atomic E-state index is 14.9. The van der Waals surface area contributed by atoms with Crippen LogP contribution in [0.5, 0.6) is 0 Å². The van der Waals surface area contributed by atoms with Gasteiger partial charge in [0.15, 0.2) is 0 Å². The SMILES string of the molecule is CN(c1cc(-c2cnc(C3CC3)cn2)ccc1F)c1nc(=N)n(C=N)c2cc(Cl)ccc12. The van der Waals surface area contributed by atoms with Gasteiger partial charge in [0.25, 0.3) is 0 Å². The molecule has 2 N–H and O–H groups in total. The fourth-order valence-corrected chi connectivity index (χ4v) is 3.89. The van der Waals surface area contributed by atoms with Crippen LogP contribution in [-0.2, 0) is 0 Å². The normalized spacial score (nSPS) is 13.3. The summed E-state index contributed by atoms with van der Waals surface area (Å²) in [5, 5.41) is 17.0. The van der Waals surface area contributed by atoms with E-state index in [0.29, 0.717) is 33.4 Å². The smallest absolute Gasteiger partial charge is 0.229 e. The third-order valence-electron chi connectivity index (χ3n) is 5.62. The average molecular weight is 448 g/mol. The standard InChI is InChI=1S/C23H19ClFN7/c1-31(22-16-6-5-15(24)9-20(16)32(12-26)23(27)30-22)21-8-14(4-7-17(21)25)19-11-28-18(10-29-19)13-2-3-13/h4-13,26-27H,2-3H2,1H3. The van der Waals surface area contributed by atoms with E-state index in [1.165, 1.54) is 10.6 Å². The fraction of sp³-hybridized carbons (Fsp3) is 0.174. The van der Waals surface area contributed by atoms with Crippen LogP contribution < -0.4 is 10.5 Å². The maximum atomic E-state index is 14.9. The van der Waals surface area contributed by atoms with Gasteiger partial charge in [0.1, 0.15) is 11.6 Å². The Hall–Kier alpha value is -3.65. The average Bonchev–Trinajstić information content (AvgIpc) is 3.64. The largest absolute Gasteiger partial charge is 0.326 e. The summed E-state index contributed by atoms with van der Waals surface area (Å²) in [6, 6.07) is 9.86. The van der Waals surface area contributed by atoms with Crippen LogP contribution in [0.2, 0.25) is 5.02 Å². The topological polar surface area (TPSA) is 94.5 Å². The second kappa shape index (κ2) is 7.80. The first kappa shape index (κ1) is 20.3. The Morgan fingerprint density at radius 1 is 1.16 bits per heavy atom. The molecule has 1 aliphatic carbocycles. The zero-order chi connectivity index (χ0) is 22.4. The van der Waals surface area contributed by atoms with Gasteiger partial charge in [0.05, 0.1) is 35.1 Å².